The van der Waals surface area contributed by atoms with E-state index in [1.807, 2.05) is 6.07 Å². The van der Waals surface area contributed by atoms with Gasteiger partial charge in [0.25, 0.3) is 0 Å². The minimum atomic E-state index is -0.450. The van der Waals surface area contributed by atoms with E-state index in [1.165, 1.54) is 4.90 Å². The van der Waals surface area contributed by atoms with Gasteiger partial charge < -0.3 is 5.73 Å². The average molecular weight is 229 g/mol. The van der Waals surface area contributed by atoms with Gasteiger partial charge >= 0.3 is 6.03 Å². The Morgan fingerprint density at radius 3 is 3.00 bits per heavy atom. The van der Waals surface area contributed by atoms with Crippen molar-refractivity contribution in [3.63, 3.8) is 0 Å². The van der Waals surface area contributed by atoms with Crippen LogP contribution in [0.3, 0.4) is 0 Å². The van der Waals surface area contributed by atoms with Crippen molar-refractivity contribution < 1.29 is 4.79 Å². The van der Waals surface area contributed by atoms with Crippen LogP contribution in [-0.4, -0.2) is 17.6 Å². The lowest BCUT2D eigenvalue weighted by molar-refractivity contribution is 0.253. The third kappa shape index (κ3) is 2.06. The molecule has 0 radical (unpaired) electrons. The van der Waals surface area contributed by atoms with Crippen molar-refractivity contribution in [1.29, 1.82) is 0 Å². The number of aromatic nitrogens is 1. The molecule has 17 heavy (non-hydrogen) atoms. The normalized spacial score (nSPS) is 14.0. The van der Waals surface area contributed by atoms with Gasteiger partial charge in [-0.05, 0) is 35.6 Å². The third-order valence-corrected chi connectivity index (χ3v) is 2.91. The van der Waals surface area contributed by atoms with Gasteiger partial charge in [0.2, 0.25) is 0 Å². The number of allylic oxidation sites excluding steroid dienone is 2. The molecule has 2 heterocycles. The van der Waals surface area contributed by atoms with Gasteiger partial charge in [-0.1, -0.05) is 19.2 Å². The van der Waals surface area contributed by atoms with Crippen molar-refractivity contribution in [2.24, 2.45) is 5.73 Å². The van der Waals surface area contributed by atoms with Crippen molar-refractivity contribution in [3.8, 4) is 0 Å². The number of carbonyl (C=O) groups is 1. The lowest BCUT2D eigenvalue weighted by Gasteiger charge is -2.26. The molecule has 0 spiro atoms. The summed E-state index contributed by atoms with van der Waals surface area (Å²) in [7, 11) is 0. The van der Waals surface area contributed by atoms with E-state index in [0.29, 0.717) is 12.4 Å². The molecule has 2 rings (SSSR count). The highest BCUT2D eigenvalue weighted by Gasteiger charge is 2.22. The Balaban J connectivity index is 2.43. The van der Waals surface area contributed by atoms with Crippen LogP contribution in [-0.2, 0) is 6.42 Å². The molecule has 4 nitrogen and oxygen atoms in total. The molecule has 4 heteroatoms. The van der Waals surface area contributed by atoms with Crippen molar-refractivity contribution in [2.75, 3.05) is 11.4 Å². The molecule has 1 aromatic rings. The summed E-state index contributed by atoms with van der Waals surface area (Å²) in [5, 5.41) is 0. The van der Waals surface area contributed by atoms with E-state index in [4.69, 9.17) is 5.73 Å². The van der Waals surface area contributed by atoms with E-state index in [-0.39, 0.29) is 0 Å². The highest BCUT2D eigenvalue weighted by molar-refractivity contribution is 5.91. The van der Waals surface area contributed by atoms with Gasteiger partial charge in [0.1, 0.15) is 5.82 Å². The van der Waals surface area contributed by atoms with E-state index in [2.05, 4.69) is 18.1 Å². The number of urea groups is 1. The van der Waals surface area contributed by atoms with Gasteiger partial charge in [0.15, 0.2) is 0 Å². The summed E-state index contributed by atoms with van der Waals surface area (Å²) in [6, 6.07) is 1.55. The van der Waals surface area contributed by atoms with Crippen LogP contribution in [0.5, 0.6) is 0 Å². The Kier molecular flexibility index (Phi) is 2.95. The fourth-order valence-electron chi connectivity index (χ4n) is 1.97. The SMILES string of the molecule is C=CC(=C)c1cnc2c(c1)CCCN2C(N)=O. The molecular formula is C13H15N3O. The highest BCUT2D eigenvalue weighted by atomic mass is 16.2. The fraction of sp³-hybridized carbons (Fsp3) is 0.231. The van der Waals surface area contributed by atoms with Gasteiger partial charge in [-0.3, -0.25) is 4.90 Å². The van der Waals surface area contributed by atoms with Crippen LogP contribution in [0.15, 0.2) is 31.5 Å². The van der Waals surface area contributed by atoms with Crippen molar-refractivity contribution in [1.82, 2.24) is 4.98 Å². The molecule has 0 atom stereocenters. The molecule has 0 fully saturated rings. The molecule has 88 valence electrons. The van der Waals surface area contributed by atoms with Crippen molar-refractivity contribution in [2.45, 2.75) is 12.8 Å². The molecule has 1 aliphatic rings. The summed E-state index contributed by atoms with van der Waals surface area (Å²) < 4.78 is 0. The number of pyridine rings is 1. The van der Waals surface area contributed by atoms with Crippen LogP contribution in [0.1, 0.15) is 17.5 Å². The second kappa shape index (κ2) is 4.41. The molecule has 1 aromatic heterocycles. The first-order valence-electron chi connectivity index (χ1n) is 5.51. The number of amides is 2. The highest BCUT2D eigenvalue weighted by Crippen LogP contribution is 2.27. The number of fused-ring (bicyclic) bond motifs is 1. The quantitative estimate of drug-likeness (QED) is 0.789. The number of hydrogen-bond donors (Lipinski definition) is 1. The molecule has 0 saturated carbocycles. The van der Waals surface area contributed by atoms with Gasteiger partial charge in [-0.25, -0.2) is 9.78 Å². The van der Waals surface area contributed by atoms with Crippen LogP contribution >= 0.6 is 0 Å². The lowest BCUT2D eigenvalue weighted by Crippen LogP contribution is -2.40. The summed E-state index contributed by atoms with van der Waals surface area (Å²) in [6.07, 6.45) is 5.20. The standard InChI is InChI=1S/C13H15N3O/c1-3-9(2)11-7-10-5-4-6-16(13(14)17)12(10)15-8-11/h3,7-8H,1-2,4-6H2,(H2,14,17). The van der Waals surface area contributed by atoms with Crippen LogP contribution in [0.25, 0.3) is 5.57 Å². The molecule has 0 saturated heterocycles. The predicted molar refractivity (Wildman–Crippen MR) is 68.7 cm³/mol. The number of nitrogens with zero attached hydrogens (tertiary/aromatic N) is 2. The number of hydrogen-bond acceptors (Lipinski definition) is 2. The Hall–Kier alpha value is -2.10. The topological polar surface area (TPSA) is 59.2 Å². The monoisotopic (exact) mass is 229 g/mol. The molecule has 2 amide bonds. The average Bonchev–Trinajstić information content (AvgIpc) is 2.36. The van der Waals surface area contributed by atoms with Gasteiger partial charge in [-0.15, -0.1) is 0 Å². The maximum Gasteiger partial charge on any atom is 0.320 e. The Morgan fingerprint density at radius 2 is 2.35 bits per heavy atom. The maximum atomic E-state index is 11.3. The van der Waals surface area contributed by atoms with E-state index in [0.717, 1.165) is 29.5 Å². The number of anilines is 1. The molecule has 0 bridgehead atoms. The molecular weight excluding hydrogens is 214 g/mol. The van der Waals surface area contributed by atoms with Crippen LogP contribution in [0.4, 0.5) is 10.6 Å². The first-order valence-corrected chi connectivity index (χ1v) is 5.51. The van der Waals surface area contributed by atoms with E-state index < -0.39 is 6.03 Å². The molecule has 1 aliphatic heterocycles. The van der Waals surface area contributed by atoms with Gasteiger partial charge in [0, 0.05) is 12.7 Å². The summed E-state index contributed by atoms with van der Waals surface area (Å²) >= 11 is 0. The van der Waals surface area contributed by atoms with E-state index in [9.17, 15) is 4.79 Å². The fourth-order valence-corrected chi connectivity index (χ4v) is 1.97. The lowest BCUT2D eigenvalue weighted by atomic mass is 10.0. The summed E-state index contributed by atoms with van der Waals surface area (Å²) in [5.41, 5.74) is 8.12. The molecule has 0 aromatic carbocycles. The third-order valence-electron chi connectivity index (χ3n) is 2.91. The number of aryl methyl sites for hydroxylation is 1. The Labute approximate surface area is 100 Å². The van der Waals surface area contributed by atoms with Crippen LogP contribution < -0.4 is 10.6 Å². The second-order valence-corrected chi connectivity index (χ2v) is 4.03. The van der Waals surface area contributed by atoms with E-state index in [1.54, 1.807) is 12.3 Å². The zero-order valence-electron chi connectivity index (χ0n) is 9.65. The smallest absolute Gasteiger partial charge is 0.320 e. The van der Waals surface area contributed by atoms with Gasteiger partial charge in [-0.2, -0.15) is 0 Å². The second-order valence-electron chi connectivity index (χ2n) is 4.03. The summed E-state index contributed by atoms with van der Waals surface area (Å²) in [4.78, 5) is 17.1. The van der Waals surface area contributed by atoms with Crippen molar-refractivity contribution in [3.05, 3.63) is 42.6 Å². The Bertz CT molecular complexity index is 493. The Morgan fingerprint density at radius 1 is 1.59 bits per heavy atom. The number of nitrogens with two attached hydrogens (primary N) is 1. The zero-order valence-corrected chi connectivity index (χ0v) is 9.65. The maximum absolute atomic E-state index is 11.3. The number of rotatable bonds is 2. The summed E-state index contributed by atoms with van der Waals surface area (Å²) in [5.74, 6) is 0.671. The largest absolute Gasteiger partial charge is 0.351 e. The number of carbonyl (C=O) groups excluding carboxylic acids is 1. The van der Waals surface area contributed by atoms with E-state index >= 15 is 0 Å². The predicted octanol–water partition coefficient (Wildman–Crippen LogP) is 2.11. The zero-order chi connectivity index (χ0) is 12.4. The minimum absolute atomic E-state index is 0.450. The molecule has 2 N–H and O–H groups in total. The molecule has 0 aliphatic carbocycles. The first-order chi connectivity index (χ1) is 8.13. The van der Waals surface area contributed by atoms with Crippen LogP contribution in [0.2, 0.25) is 0 Å². The minimum Gasteiger partial charge on any atom is -0.351 e. The van der Waals surface area contributed by atoms with Gasteiger partial charge in [0.05, 0.1) is 0 Å². The molecule has 0 unspecified atom stereocenters. The number of primary amides is 1. The van der Waals surface area contributed by atoms with Crippen LogP contribution in [0, 0.1) is 0 Å². The summed E-state index contributed by atoms with van der Waals surface area (Å²) in [6.45, 7) is 8.20. The van der Waals surface area contributed by atoms with Crippen molar-refractivity contribution >= 4 is 17.4 Å². The first kappa shape index (κ1) is 11.4.